The highest BCUT2D eigenvalue weighted by Gasteiger charge is 2.40. The van der Waals surface area contributed by atoms with Crippen molar-refractivity contribution in [1.29, 1.82) is 0 Å². The number of aromatic nitrogens is 2. The fraction of sp³-hybridized carbons (Fsp3) is 0.736. The lowest BCUT2D eigenvalue weighted by atomic mass is 9.95. The number of carbonyl (C=O) groups is 15. The zero-order valence-corrected chi connectivity index (χ0v) is 67.1. The number of hydrogen-bond acceptors (Lipinski definition) is 22. The van der Waals surface area contributed by atoms with Gasteiger partial charge in [0.2, 0.25) is 88.6 Å². The van der Waals surface area contributed by atoms with E-state index in [2.05, 4.69) is 84.1 Å². The van der Waals surface area contributed by atoms with E-state index in [0.717, 1.165) is 13.8 Å². The molecule has 0 fully saturated rings. The van der Waals surface area contributed by atoms with Gasteiger partial charge >= 0.3 is 0 Å². The maximum Gasteiger partial charge on any atom is 0.245 e. The number of guanidine groups is 1. The number of aliphatic hydroxyl groups excluding tert-OH is 2. The Kier molecular flexibility index (Phi) is 47.8. The molecular weight excluding hydrogens is 1460 g/mol. The third kappa shape index (κ3) is 38.5. The molecule has 40 heteroatoms. The Bertz CT molecular complexity index is 3210. The second kappa shape index (κ2) is 53.3. The molecule has 1 heterocycles. The molecule has 0 radical (unpaired) electrons. The molecule has 0 aliphatic rings. The van der Waals surface area contributed by atoms with Crippen molar-refractivity contribution in [3.63, 3.8) is 0 Å². The van der Waals surface area contributed by atoms with Crippen LogP contribution in [0.25, 0.3) is 0 Å². The number of amides is 15. The number of aromatic amines is 1. The van der Waals surface area contributed by atoms with E-state index in [-0.39, 0.29) is 127 Å². The second-order valence-corrected chi connectivity index (χ2v) is 29.4. The molecule has 0 bridgehead atoms. The van der Waals surface area contributed by atoms with Crippen LogP contribution >= 0.6 is 0 Å². The van der Waals surface area contributed by atoms with Crippen LogP contribution in [0.3, 0.4) is 0 Å². The van der Waals surface area contributed by atoms with Gasteiger partial charge in [-0.25, -0.2) is 4.98 Å². The van der Waals surface area contributed by atoms with Crippen LogP contribution in [0.1, 0.15) is 198 Å². The van der Waals surface area contributed by atoms with E-state index in [4.69, 9.17) is 40.1 Å². The van der Waals surface area contributed by atoms with Gasteiger partial charge in [-0.05, 0) is 154 Å². The first-order chi connectivity index (χ1) is 52.7. The van der Waals surface area contributed by atoms with Crippen LogP contribution in [0.4, 0.5) is 0 Å². The Labute approximate surface area is 655 Å². The average Bonchev–Trinajstić information content (AvgIpc) is 0.902. The topological polar surface area (TPSA) is 676 Å². The first-order valence-corrected chi connectivity index (χ1v) is 38.7. The number of hydrogen-bond donors (Lipinski definition) is 23. The van der Waals surface area contributed by atoms with Crippen LogP contribution in [0.15, 0.2) is 17.5 Å². The number of aliphatic hydroxyl groups is 2. The Morgan fingerprint density at radius 3 is 1.18 bits per heavy atom. The Morgan fingerprint density at radius 2 is 0.786 bits per heavy atom. The minimum Gasteiger partial charge on any atom is -0.391 e. The molecule has 16 atom stereocenters. The van der Waals surface area contributed by atoms with E-state index in [1.807, 2.05) is 13.8 Å². The molecular formula is C72H131N23O17. The SMILES string of the molecule is CCC(=O)N[C@@H](Cc1cnc[nH]1)C(=O)N[C@@H](CCC(N)=O)C(=O)N[C@@H](CCCCN)C(=O)N[C@@H](CCCN=C(N)N)C(=O)N[C@@H](CCCCN)C(=O)N[C@@H](C)C(=O)N[C@@H](CC(C)C)C(=O)N[C@@H](CCCCN)C(=O)N[C@H](C(=O)N[C@H](C(=O)N[C@H](C(=O)N[C@H](C(=O)N[C@@H](CC(C)C)C(N)=O)[C@@H](C)CC)C(C)C)[C@@H](C)O)[C@@H](C)O. The predicted octanol–water partition coefficient (Wildman–Crippen LogP) is -5.57. The van der Waals surface area contributed by atoms with Gasteiger partial charge in [-0.1, -0.05) is 68.7 Å². The maximum absolute atomic E-state index is 14.6. The smallest absolute Gasteiger partial charge is 0.245 e. The van der Waals surface area contributed by atoms with Crippen molar-refractivity contribution in [1.82, 2.24) is 79.1 Å². The standard InChI is InChI=1S/C72H131N23O17/c1-13-40(9)56(69(110)90-50(59(77)100)32-37(3)4)93-68(109)55(39(7)8)92-70(111)58(43(12)97)95-71(112)57(42(11)96)94-65(106)47(24-17-20-30-75)88-66(107)51(33-38(5)6)91-60(101)41(10)83-61(102)45(22-15-18-28-73)85-63(104)48(25-21-31-81-72(78)79)87-62(103)46(23-16-19-29-74)86-64(105)49(26-27-53(76)98)89-67(108)52(84-54(99)14-2)34-44-35-80-36-82-44/h35-43,45-52,55-58,96-97H,13-34,73-75H2,1-12H3,(H2,76,98)(H2,77,100)(H,80,82)(H,83,102)(H,84,99)(H,85,104)(H,86,105)(H,87,103)(H,88,107)(H,89,108)(H,90,110)(H,91,101)(H,92,111)(H,93,109)(H,94,106)(H,95,112)(H4,78,79,81)/t40-,41-,42+,43+,45-,46-,47-,48-,49-,50-,51-,52-,55-,56-,57-,58-/m0/s1. The number of H-pyrrole nitrogens is 1. The molecule has 0 aliphatic heterocycles. The summed E-state index contributed by atoms with van der Waals surface area (Å²) in [4.78, 5) is 218. The average molecular weight is 1590 g/mol. The minimum atomic E-state index is -1.86. The van der Waals surface area contributed by atoms with E-state index in [1.165, 1.54) is 19.4 Å². The number of aliphatic imine (C=N–C) groups is 1. The summed E-state index contributed by atoms with van der Waals surface area (Å²) in [5.41, 5.74) is 40.1. The van der Waals surface area contributed by atoms with Gasteiger partial charge in [0.05, 0.1) is 18.5 Å². The third-order valence-electron chi connectivity index (χ3n) is 18.2. The summed E-state index contributed by atoms with van der Waals surface area (Å²) in [6, 6.07) is -18.6. The quantitative estimate of drug-likeness (QED) is 0.0164. The van der Waals surface area contributed by atoms with Gasteiger partial charge < -0.3 is 124 Å². The summed E-state index contributed by atoms with van der Waals surface area (Å²) in [6.07, 6.45) is 0.858. The number of primary amides is 2. The predicted molar refractivity (Wildman–Crippen MR) is 416 cm³/mol. The lowest BCUT2D eigenvalue weighted by Gasteiger charge is -2.31. The highest BCUT2D eigenvalue weighted by Crippen LogP contribution is 2.16. The van der Waals surface area contributed by atoms with E-state index < -0.39 is 198 Å². The summed E-state index contributed by atoms with van der Waals surface area (Å²) in [6.45, 7) is 19.5. The van der Waals surface area contributed by atoms with Gasteiger partial charge in [0.1, 0.15) is 78.5 Å². The van der Waals surface area contributed by atoms with Crippen molar-refractivity contribution in [3.05, 3.63) is 18.2 Å². The Balaban J connectivity index is 3.61. The molecule has 1 aromatic rings. The molecule has 1 aromatic heterocycles. The molecule has 636 valence electrons. The second-order valence-electron chi connectivity index (χ2n) is 29.4. The van der Waals surface area contributed by atoms with Crippen LogP contribution in [0, 0.1) is 23.7 Å². The lowest BCUT2D eigenvalue weighted by Crippen LogP contribution is -2.64. The highest BCUT2D eigenvalue weighted by molar-refractivity contribution is 6.00. The van der Waals surface area contributed by atoms with Crippen LogP contribution in [-0.4, -0.2) is 232 Å². The van der Waals surface area contributed by atoms with Gasteiger partial charge in [0, 0.05) is 37.7 Å². The summed E-state index contributed by atoms with van der Waals surface area (Å²) in [7, 11) is 0. The molecule has 30 N–H and O–H groups in total. The maximum atomic E-state index is 14.6. The van der Waals surface area contributed by atoms with Crippen molar-refractivity contribution in [2.45, 2.75) is 289 Å². The lowest BCUT2D eigenvalue weighted by molar-refractivity contribution is -0.139. The Hall–Kier alpha value is -9.67. The number of nitrogens with two attached hydrogens (primary N) is 7. The van der Waals surface area contributed by atoms with E-state index in [1.54, 1.807) is 48.5 Å². The largest absolute Gasteiger partial charge is 0.391 e. The number of nitrogens with zero attached hydrogens (tertiary/aromatic N) is 2. The minimum absolute atomic E-state index is 0.0121. The van der Waals surface area contributed by atoms with Crippen LogP contribution in [0.5, 0.6) is 0 Å². The zero-order valence-electron chi connectivity index (χ0n) is 67.1. The molecule has 0 saturated carbocycles. The normalized spacial score (nSPS) is 15.6. The molecule has 0 unspecified atom stereocenters. The summed E-state index contributed by atoms with van der Waals surface area (Å²) in [5.74, 6) is -14.8. The van der Waals surface area contributed by atoms with Gasteiger partial charge in [0.15, 0.2) is 5.96 Å². The molecule has 0 saturated heterocycles. The van der Waals surface area contributed by atoms with Crippen molar-refractivity contribution >= 4 is 94.6 Å². The first kappa shape index (κ1) is 100. The summed E-state index contributed by atoms with van der Waals surface area (Å²) >= 11 is 0. The molecule has 0 spiro atoms. The van der Waals surface area contributed by atoms with Crippen molar-refractivity contribution in [2.24, 2.45) is 68.8 Å². The molecule has 1 rings (SSSR count). The van der Waals surface area contributed by atoms with Gasteiger partial charge in [-0.2, -0.15) is 0 Å². The van der Waals surface area contributed by atoms with Crippen LogP contribution in [0.2, 0.25) is 0 Å². The van der Waals surface area contributed by atoms with Gasteiger partial charge in [0.25, 0.3) is 0 Å². The van der Waals surface area contributed by atoms with E-state index in [9.17, 15) is 82.1 Å². The first-order valence-electron chi connectivity index (χ1n) is 38.7. The Morgan fingerprint density at radius 1 is 0.420 bits per heavy atom. The summed E-state index contributed by atoms with van der Waals surface area (Å²) in [5, 5.41) is 55.5. The molecule has 40 nitrogen and oxygen atoms in total. The number of imidazole rings is 1. The molecule has 0 aliphatic carbocycles. The summed E-state index contributed by atoms with van der Waals surface area (Å²) < 4.78 is 0. The molecule has 15 amide bonds. The van der Waals surface area contributed by atoms with Gasteiger partial charge in [-0.15, -0.1) is 0 Å². The number of nitrogens with one attached hydrogen (secondary N) is 14. The fourth-order valence-corrected chi connectivity index (χ4v) is 11.5. The molecule has 112 heavy (non-hydrogen) atoms. The molecule has 0 aromatic carbocycles. The van der Waals surface area contributed by atoms with Crippen LogP contribution in [-0.2, 0) is 78.3 Å². The number of unbranched alkanes of at least 4 members (excludes halogenated alkanes) is 3. The zero-order chi connectivity index (χ0) is 85.1. The fourth-order valence-electron chi connectivity index (χ4n) is 11.5. The van der Waals surface area contributed by atoms with Crippen molar-refractivity contribution < 1.29 is 82.1 Å². The number of rotatable bonds is 57. The van der Waals surface area contributed by atoms with Crippen molar-refractivity contribution in [3.8, 4) is 0 Å². The van der Waals surface area contributed by atoms with Gasteiger partial charge in [-0.3, -0.25) is 76.9 Å². The van der Waals surface area contributed by atoms with E-state index in [0.29, 0.717) is 31.4 Å². The van der Waals surface area contributed by atoms with Crippen molar-refractivity contribution in [2.75, 3.05) is 26.2 Å². The van der Waals surface area contributed by atoms with E-state index >= 15 is 0 Å². The monoisotopic (exact) mass is 1590 g/mol. The third-order valence-corrected chi connectivity index (χ3v) is 18.2. The van der Waals surface area contributed by atoms with Crippen LogP contribution < -0.4 is 109 Å². The number of carbonyl (C=O) groups excluding carboxylic acids is 15. The highest BCUT2D eigenvalue weighted by atomic mass is 16.3.